The van der Waals surface area contributed by atoms with Gasteiger partial charge in [0.2, 0.25) is 11.8 Å². The summed E-state index contributed by atoms with van der Waals surface area (Å²) in [6.07, 6.45) is 3.74. The molecule has 2 aromatic carbocycles. The molecule has 0 bridgehead atoms. The maximum Gasteiger partial charge on any atom is 0.252 e. The van der Waals surface area contributed by atoms with E-state index in [1.807, 2.05) is 6.07 Å². The van der Waals surface area contributed by atoms with Crippen molar-refractivity contribution in [3.63, 3.8) is 0 Å². The van der Waals surface area contributed by atoms with E-state index in [1.165, 1.54) is 28.1 Å². The molecule has 1 aliphatic heterocycles. The minimum atomic E-state index is -2.89. The smallest absolute Gasteiger partial charge is 0.252 e. The zero-order valence-electron chi connectivity index (χ0n) is 23.7. The highest BCUT2D eigenvalue weighted by molar-refractivity contribution is 6.31. The first-order chi connectivity index (χ1) is 21.6. The maximum absolute atomic E-state index is 14.8. The quantitative estimate of drug-likeness (QED) is 0.276. The topological polar surface area (TPSA) is 135 Å². The molecule has 2 aliphatic rings. The lowest BCUT2D eigenvalue weighted by Gasteiger charge is -2.39. The fourth-order valence-electron chi connectivity index (χ4n) is 5.77. The summed E-state index contributed by atoms with van der Waals surface area (Å²) in [5.41, 5.74) is 2.22. The molecule has 2 fully saturated rings. The van der Waals surface area contributed by atoms with Crippen LogP contribution in [0.2, 0.25) is 5.02 Å². The van der Waals surface area contributed by atoms with Gasteiger partial charge in [0.25, 0.3) is 11.8 Å². The van der Waals surface area contributed by atoms with Crippen LogP contribution < -0.4 is 15.1 Å². The molecule has 13 heteroatoms. The molecule has 2 aromatic heterocycles. The Balaban J connectivity index is 1.48. The van der Waals surface area contributed by atoms with Crippen molar-refractivity contribution >= 4 is 40.8 Å². The summed E-state index contributed by atoms with van der Waals surface area (Å²) in [7, 11) is 0. The van der Waals surface area contributed by atoms with Gasteiger partial charge in [-0.25, -0.2) is 13.8 Å². The predicted octanol–water partition coefficient (Wildman–Crippen LogP) is 5.18. The van der Waals surface area contributed by atoms with Crippen LogP contribution in [0.3, 0.4) is 0 Å². The van der Waals surface area contributed by atoms with Gasteiger partial charge in [0, 0.05) is 59.5 Å². The number of pyridine rings is 1. The Kier molecular flexibility index (Phi) is 8.03. The van der Waals surface area contributed by atoms with Crippen molar-refractivity contribution in [1.29, 1.82) is 5.26 Å². The molecule has 10 nitrogen and oxygen atoms in total. The SMILES string of the molecule is N#Cc1ccnc(N2C(=O)CC[C@H]2C(=O)N(c2cccc(-c3cn[nH]c3)c2)[C@H](C(=O)NC2CC(F)(F)C2)c2ccccc2Cl)c1. The number of aromatic amines is 1. The number of carbonyl (C=O) groups excluding carboxylic acids is 3. The number of amides is 3. The molecule has 1 saturated carbocycles. The summed E-state index contributed by atoms with van der Waals surface area (Å²) in [6.45, 7) is 0. The van der Waals surface area contributed by atoms with E-state index in [9.17, 15) is 28.4 Å². The Hall–Kier alpha value is -5.15. The van der Waals surface area contributed by atoms with Crippen molar-refractivity contribution in [3.05, 3.63) is 95.4 Å². The van der Waals surface area contributed by atoms with E-state index in [2.05, 4.69) is 20.5 Å². The zero-order valence-corrected chi connectivity index (χ0v) is 24.4. The van der Waals surface area contributed by atoms with Crippen LogP contribution in [0.15, 0.2) is 79.3 Å². The average molecular weight is 630 g/mol. The molecule has 6 rings (SSSR count). The second-order valence-electron chi connectivity index (χ2n) is 11.0. The van der Waals surface area contributed by atoms with Gasteiger partial charge in [0.1, 0.15) is 17.9 Å². The second kappa shape index (κ2) is 12.1. The van der Waals surface area contributed by atoms with Gasteiger partial charge in [0.15, 0.2) is 0 Å². The third-order valence-electron chi connectivity index (χ3n) is 7.95. The standard InChI is InChI=1S/C32H26ClF2N7O3/c33-25-7-2-1-6-24(25)29(30(44)40-22-14-32(34,35)15-22)41(23-5-3-4-20(13-23)21-17-38-39-18-21)31(45)26-8-9-28(43)42(26)27-12-19(16-36)10-11-37-27/h1-7,10-13,17-18,22,26,29H,8-9,14-15H2,(H,38,39)(H,40,44)/t26-,29-/m0/s1. The van der Waals surface area contributed by atoms with Crippen molar-refractivity contribution in [2.45, 2.75) is 49.7 Å². The van der Waals surface area contributed by atoms with Crippen molar-refractivity contribution in [2.24, 2.45) is 0 Å². The minimum Gasteiger partial charge on any atom is -0.351 e. The molecule has 45 heavy (non-hydrogen) atoms. The Morgan fingerprint density at radius 2 is 1.93 bits per heavy atom. The van der Waals surface area contributed by atoms with E-state index in [1.54, 1.807) is 60.9 Å². The largest absolute Gasteiger partial charge is 0.351 e. The molecule has 228 valence electrons. The van der Waals surface area contributed by atoms with E-state index in [0.717, 1.165) is 5.56 Å². The van der Waals surface area contributed by atoms with Crippen molar-refractivity contribution in [1.82, 2.24) is 20.5 Å². The van der Waals surface area contributed by atoms with Crippen LogP contribution in [0.1, 0.15) is 42.9 Å². The number of anilines is 2. The summed E-state index contributed by atoms with van der Waals surface area (Å²) in [5.74, 6) is -4.46. The maximum atomic E-state index is 14.8. The van der Waals surface area contributed by atoms with Crippen LogP contribution in [0, 0.1) is 11.3 Å². The number of aromatic nitrogens is 3. The number of halogens is 3. The number of hydrogen-bond acceptors (Lipinski definition) is 6. The summed E-state index contributed by atoms with van der Waals surface area (Å²) in [6, 6.07) is 15.0. The van der Waals surface area contributed by atoms with Crippen LogP contribution in [0.5, 0.6) is 0 Å². The Morgan fingerprint density at radius 1 is 1.13 bits per heavy atom. The fourth-order valence-corrected chi connectivity index (χ4v) is 6.01. The highest BCUT2D eigenvalue weighted by atomic mass is 35.5. The molecule has 3 amide bonds. The first kappa shape index (κ1) is 29.9. The molecule has 2 N–H and O–H groups in total. The number of nitrogens with zero attached hydrogens (tertiary/aromatic N) is 5. The van der Waals surface area contributed by atoms with Gasteiger partial charge in [0.05, 0.1) is 17.8 Å². The first-order valence-electron chi connectivity index (χ1n) is 14.2. The highest BCUT2D eigenvalue weighted by Gasteiger charge is 2.48. The van der Waals surface area contributed by atoms with E-state index >= 15 is 0 Å². The van der Waals surface area contributed by atoms with Crippen LogP contribution >= 0.6 is 11.6 Å². The Labute approximate surface area is 261 Å². The van der Waals surface area contributed by atoms with E-state index in [0.29, 0.717) is 11.3 Å². The third kappa shape index (κ3) is 5.99. The van der Waals surface area contributed by atoms with Crippen molar-refractivity contribution in [3.8, 4) is 17.2 Å². The van der Waals surface area contributed by atoms with Gasteiger partial charge in [-0.3, -0.25) is 29.3 Å². The van der Waals surface area contributed by atoms with Crippen LogP contribution in [-0.2, 0) is 14.4 Å². The normalized spacial score (nSPS) is 18.1. The second-order valence-corrected chi connectivity index (χ2v) is 11.4. The molecular weight excluding hydrogens is 604 g/mol. The lowest BCUT2D eigenvalue weighted by molar-refractivity contribution is -0.133. The van der Waals surface area contributed by atoms with Crippen molar-refractivity contribution in [2.75, 3.05) is 9.80 Å². The lowest BCUT2D eigenvalue weighted by atomic mass is 9.87. The number of rotatable bonds is 8. The van der Waals surface area contributed by atoms with Gasteiger partial charge in [-0.05, 0) is 42.3 Å². The van der Waals surface area contributed by atoms with E-state index < -0.39 is 48.7 Å². The molecule has 1 aliphatic carbocycles. The predicted molar refractivity (Wildman–Crippen MR) is 161 cm³/mol. The van der Waals surface area contributed by atoms with Gasteiger partial charge >= 0.3 is 0 Å². The third-order valence-corrected chi connectivity index (χ3v) is 8.30. The highest BCUT2D eigenvalue weighted by Crippen LogP contribution is 2.40. The Bertz CT molecular complexity index is 1800. The molecule has 3 heterocycles. The molecule has 0 radical (unpaired) electrons. The van der Waals surface area contributed by atoms with Gasteiger partial charge in [-0.1, -0.05) is 41.9 Å². The Morgan fingerprint density at radius 3 is 2.64 bits per heavy atom. The number of nitrogens with one attached hydrogen (secondary N) is 2. The van der Waals surface area contributed by atoms with Crippen LogP contribution in [-0.4, -0.2) is 50.9 Å². The average Bonchev–Trinajstić information content (AvgIpc) is 3.70. The van der Waals surface area contributed by atoms with Gasteiger partial charge < -0.3 is 5.32 Å². The van der Waals surface area contributed by atoms with Crippen LogP contribution in [0.25, 0.3) is 11.1 Å². The lowest BCUT2D eigenvalue weighted by Crippen LogP contribution is -2.56. The van der Waals surface area contributed by atoms with Crippen molar-refractivity contribution < 1.29 is 23.2 Å². The van der Waals surface area contributed by atoms with E-state index in [-0.39, 0.29) is 40.7 Å². The summed E-state index contributed by atoms with van der Waals surface area (Å²) in [5, 5.41) is 19.1. The zero-order chi connectivity index (χ0) is 31.7. The molecule has 2 atom stereocenters. The minimum absolute atomic E-state index is 0.0257. The van der Waals surface area contributed by atoms with E-state index in [4.69, 9.17) is 11.6 Å². The number of carbonyl (C=O) groups is 3. The number of benzene rings is 2. The fraction of sp³-hybridized carbons (Fsp3) is 0.250. The molecule has 4 aromatic rings. The molecule has 0 spiro atoms. The summed E-state index contributed by atoms with van der Waals surface area (Å²) in [4.78, 5) is 48.9. The summed E-state index contributed by atoms with van der Waals surface area (Å²) >= 11 is 6.63. The van der Waals surface area contributed by atoms with Crippen LogP contribution in [0.4, 0.5) is 20.3 Å². The number of hydrogen-bond donors (Lipinski definition) is 2. The number of H-pyrrole nitrogens is 1. The molecule has 1 saturated heterocycles. The van der Waals surface area contributed by atoms with Gasteiger partial charge in [-0.2, -0.15) is 10.4 Å². The van der Waals surface area contributed by atoms with Gasteiger partial charge in [-0.15, -0.1) is 0 Å². The number of alkyl halides is 2. The number of nitriles is 1. The molecular formula is C32H26ClF2N7O3. The first-order valence-corrected chi connectivity index (χ1v) is 14.6. The molecule has 0 unspecified atom stereocenters. The monoisotopic (exact) mass is 629 g/mol. The summed E-state index contributed by atoms with van der Waals surface area (Å²) < 4.78 is 27.5.